The van der Waals surface area contributed by atoms with Crippen LogP contribution in [0.1, 0.15) is 65.3 Å². The summed E-state index contributed by atoms with van der Waals surface area (Å²) in [5.74, 6) is -0.667. The molecular weight excluding hydrogens is 240 g/mol. The molecule has 4 heteroatoms. The van der Waals surface area contributed by atoms with Crippen LogP contribution in [0.25, 0.3) is 0 Å². The molecule has 4 nitrogen and oxygen atoms in total. The highest BCUT2D eigenvalue weighted by molar-refractivity contribution is 5.76. The van der Waals surface area contributed by atoms with Gasteiger partial charge in [-0.15, -0.1) is 0 Å². The summed E-state index contributed by atoms with van der Waals surface area (Å²) < 4.78 is 0. The van der Waals surface area contributed by atoms with Gasteiger partial charge >= 0.3 is 5.97 Å². The Morgan fingerprint density at radius 3 is 2.00 bits per heavy atom. The molecule has 0 amide bonds. The molecule has 1 atom stereocenters. The average molecular weight is 264 g/mol. The first-order valence-corrected chi connectivity index (χ1v) is 6.65. The predicted octanol–water partition coefficient (Wildman–Crippen LogP) is 3.38. The van der Waals surface area contributed by atoms with Crippen LogP contribution < -0.4 is 0 Å². The standard InChI is InChI=1S/C15H24N2O2/c1-7-15(5,6)11(12(18)19)10-8-16-13(17-9-10)14(2,3)4/h8-9,11H,7H2,1-6H3,(H,18,19). The van der Waals surface area contributed by atoms with E-state index in [2.05, 4.69) is 9.97 Å². The maximum absolute atomic E-state index is 11.5. The van der Waals surface area contributed by atoms with Crippen molar-refractivity contribution in [2.75, 3.05) is 0 Å². The molecule has 106 valence electrons. The second-order valence-electron chi connectivity index (χ2n) is 6.70. The van der Waals surface area contributed by atoms with E-state index in [-0.39, 0.29) is 10.8 Å². The summed E-state index contributed by atoms with van der Waals surface area (Å²) in [4.78, 5) is 20.2. The van der Waals surface area contributed by atoms with Crippen molar-refractivity contribution in [2.45, 2.75) is 59.3 Å². The maximum atomic E-state index is 11.5. The number of rotatable bonds is 4. The minimum absolute atomic E-state index is 0.127. The third kappa shape index (κ3) is 3.52. The van der Waals surface area contributed by atoms with Gasteiger partial charge in [0.1, 0.15) is 5.82 Å². The Hall–Kier alpha value is -1.45. The fraction of sp³-hybridized carbons (Fsp3) is 0.667. The molecule has 1 unspecified atom stereocenters. The van der Waals surface area contributed by atoms with E-state index in [1.807, 2.05) is 41.5 Å². The van der Waals surface area contributed by atoms with Crippen molar-refractivity contribution in [3.63, 3.8) is 0 Å². The minimum Gasteiger partial charge on any atom is -0.481 e. The van der Waals surface area contributed by atoms with E-state index >= 15 is 0 Å². The van der Waals surface area contributed by atoms with E-state index in [4.69, 9.17) is 0 Å². The molecule has 1 aromatic rings. The van der Waals surface area contributed by atoms with Gasteiger partial charge in [-0.1, -0.05) is 41.5 Å². The van der Waals surface area contributed by atoms with Gasteiger partial charge in [0, 0.05) is 23.4 Å². The third-order valence-electron chi connectivity index (χ3n) is 3.62. The number of aliphatic carboxylic acids is 1. The third-order valence-corrected chi connectivity index (χ3v) is 3.62. The van der Waals surface area contributed by atoms with Gasteiger partial charge < -0.3 is 5.11 Å². The van der Waals surface area contributed by atoms with Crippen molar-refractivity contribution in [3.05, 3.63) is 23.8 Å². The molecule has 0 aliphatic heterocycles. The van der Waals surface area contributed by atoms with Crippen molar-refractivity contribution < 1.29 is 9.90 Å². The molecule has 0 bridgehead atoms. The van der Waals surface area contributed by atoms with Crippen LogP contribution >= 0.6 is 0 Å². The van der Waals surface area contributed by atoms with E-state index in [9.17, 15) is 9.90 Å². The molecule has 0 fully saturated rings. The highest BCUT2D eigenvalue weighted by Crippen LogP contribution is 2.38. The zero-order valence-corrected chi connectivity index (χ0v) is 12.7. The molecule has 0 aliphatic carbocycles. The van der Waals surface area contributed by atoms with Gasteiger partial charge in [-0.3, -0.25) is 4.79 Å². The summed E-state index contributed by atoms with van der Waals surface area (Å²) in [5.41, 5.74) is 0.225. The first kappa shape index (κ1) is 15.6. The predicted molar refractivity (Wildman–Crippen MR) is 75.2 cm³/mol. The quantitative estimate of drug-likeness (QED) is 0.905. The molecule has 0 saturated heterocycles. The van der Waals surface area contributed by atoms with Crippen LogP contribution in [0.2, 0.25) is 0 Å². The fourth-order valence-corrected chi connectivity index (χ4v) is 2.01. The summed E-state index contributed by atoms with van der Waals surface area (Å²) in [6.07, 6.45) is 4.10. The summed E-state index contributed by atoms with van der Waals surface area (Å²) in [6.45, 7) is 12.0. The second kappa shape index (κ2) is 5.27. The molecule has 0 radical (unpaired) electrons. The first-order valence-electron chi connectivity index (χ1n) is 6.65. The van der Waals surface area contributed by atoms with Gasteiger partial charge in [0.05, 0.1) is 5.92 Å². The molecule has 19 heavy (non-hydrogen) atoms. The Kier molecular flexibility index (Phi) is 4.33. The first-order chi connectivity index (χ1) is 8.59. The van der Waals surface area contributed by atoms with Crippen LogP contribution in [0.5, 0.6) is 0 Å². The topological polar surface area (TPSA) is 63.1 Å². The zero-order chi connectivity index (χ0) is 14.8. The van der Waals surface area contributed by atoms with Crippen molar-refractivity contribution in [1.82, 2.24) is 9.97 Å². The van der Waals surface area contributed by atoms with Gasteiger partial charge in [-0.05, 0) is 11.8 Å². The zero-order valence-electron chi connectivity index (χ0n) is 12.7. The minimum atomic E-state index is -0.820. The van der Waals surface area contributed by atoms with E-state index in [0.29, 0.717) is 5.56 Å². The summed E-state index contributed by atoms with van der Waals surface area (Å²) in [7, 11) is 0. The smallest absolute Gasteiger partial charge is 0.311 e. The van der Waals surface area contributed by atoms with E-state index < -0.39 is 11.9 Å². The van der Waals surface area contributed by atoms with E-state index in [0.717, 1.165) is 12.2 Å². The number of hydrogen-bond acceptors (Lipinski definition) is 3. The largest absolute Gasteiger partial charge is 0.481 e. The lowest BCUT2D eigenvalue weighted by Gasteiger charge is -2.30. The normalized spacial score (nSPS) is 14.2. The van der Waals surface area contributed by atoms with Gasteiger partial charge in [-0.2, -0.15) is 0 Å². The molecule has 0 aliphatic rings. The Labute approximate surface area is 115 Å². The lowest BCUT2D eigenvalue weighted by atomic mass is 9.74. The Morgan fingerprint density at radius 1 is 1.21 bits per heavy atom. The van der Waals surface area contributed by atoms with Crippen LogP contribution in [0, 0.1) is 5.41 Å². The summed E-state index contributed by atoms with van der Waals surface area (Å²) >= 11 is 0. The highest BCUT2D eigenvalue weighted by Gasteiger charge is 2.35. The molecule has 1 aromatic heterocycles. The number of carbonyl (C=O) groups is 1. The summed E-state index contributed by atoms with van der Waals surface area (Å²) in [6, 6.07) is 0. The van der Waals surface area contributed by atoms with Crippen LogP contribution in [0.3, 0.4) is 0 Å². The van der Waals surface area contributed by atoms with Crippen LogP contribution in [-0.4, -0.2) is 21.0 Å². The highest BCUT2D eigenvalue weighted by atomic mass is 16.4. The Morgan fingerprint density at radius 2 is 1.68 bits per heavy atom. The number of aromatic nitrogens is 2. The van der Waals surface area contributed by atoms with Crippen molar-refractivity contribution in [3.8, 4) is 0 Å². The fourth-order valence-electron chi connectivity index (χ4n) is 2.01. The van der Waals surface area contributed by atoms with Gasteiger partial charge in [-0.25, -0.2) is 9.97 Å². The molecule has 0 spiro atoms. The second-order valence-corrected chi connectivity index (χ2v) is 6.70. The van der Waals surface area contributed by atoms with Crippen molar-refractivity contribution >= 4 is 5.97 Å². The lowest BCUT2D eigenvalue weighted by molar-refractivity contribution is -0.141. The SMILES string of the molecule is CCC(C)(C)C(C(=O)O)c1cnc(C(C)(C)C)nc1. The maximum Gasteiger partial charge on any atom is 0.311 e. The van der Waals surface area contributed by atoms with Gasteiger partial charge in [0.25, 0.3) is 0 Å². The van der Waals surface area contributed by atoms with E-state index in [1.54, 1.807) is 12.4 Å². The monoisotopic (exact) mass is 264 g/mol. The molecule has 1 heterocycles. The number of carboxylic acid groups (broad SMARTS) is 1. The van der Waals surface area contributed by atoms with E-state index in [1.165, 1.54) is 0 Å². The van der Waals surface area contributed by atoms with Crippen LogP contribution in [-0.2, 0) is 10.2 Å². The molecule has 1 rings (SSSR count). The van der Waals surface area contributed by atoms with Crippen LogP contribution in [0.15, 0.2) is 12.4 Å². The Bertz CT molecular complexity index is 444. The summed E-state index contributed by atoms with van der Waals surface area (Å²) in [5, 5.41) is 9.47. The number of hydrogen-bond donors (Lipinski definition) is 1. The van der Waals surface area contributed by atoms with Crippen molar-refractivity contribution in [2.24, 2.45) is 5.41 Å². The molecule has 0 saturated carbocycles. The Balaban J connectivity index is 3.16. The molecular formula is C15H24N2O2. The molecule has 1 N–H and O–H groups in total. The van der Waals surface area contributed by atoms with Gasteiger partial charge in [0.15, 0.2) is 0 Å². The van der Waals surface area contributed by atoms with Gasteiger partial charge in [0.2, 0.25) is 0 Å². The number of nitrogens with zero attached hydrogens (tertiary/aromatic N) is 2. The van der Waals surface area contributed by atoms with Crippen molar-refractivity contribution in [1.29, 1.82) is 0 Å². The molecule has 0 aromatic carbocycles. The average Bonchev–Trinajstić information content (AvgIpc) is 2.27. The lowest BCUT2D eigenvalue weighted by Crippen LogP contribution is -2.29. The van der Waals surface area contributed by atoms with Crippen LogP contribution in [0.4, 0.5) is 0 Å². The number of carboxylic acids is 1.